The molecule has 0 radical (unpaired) electrons. The van der Waals surface area contributed by atoms with Crippen molar-refractivity contribution < 1.29 is 0 Å². The largest absolute Gasteiger partial charge is 0.0808 e. The van der Waals surface area contributed by atoms with Gasteiger partial charge in [-0.05, 0) is 90.9 Å². The molecule has 0 heterocycles. The van der Waals surface area contributed by atoms with Crippen LogP contribution in [0.25, 0.3) is 16.7 Å². The summed E-state index contributed by atoms with van der Waals surface area (Å²) in [4.78, 5) is 0. The first-order chi connectivity index (χ1) is 20.2. The Labute approximate surface area is 261 Å². The van der Waals surface area contributed by atoms with Crippen molar-refractivity contribution in [2.24, 2.45) is 0 Å². The highest BCUT2D eigenvalue weighted by atomic mass is 28.3. The van der Waals surface area contributed by atoms with E-state index in [9.17, 15) is 0 Å². The van der Waals surface area contributed by atoms with Gasteiger partial charge in [0, 0.05) is 5.92 Å². The molecule has 0 bridgehead atoms. The van der Waals surface area contributed by atoms with Gasteiger partial charge in [0.05, 0.1) is 8.07 Å². The van der Waals surface area contributed by atoms with Crippen LogP contribution < -0.4 is 0 Å². The number of hydrogen-bond acceptors (Lipinski definition) is 0. The van der Waals surface area contributed by atoms with Gasteiger partial charge in [-0.25, -0.2) is 0 Å². The Morgan fingerprint density at radius 2 is 1.28 bits per heavy atom. The van der Waals surface area contributed by atoms with Crippen LogP contribution in [-0.4, -0.2) is 8.07 Å². The zero-order valence-electron chi connectivity index (χ0n) is 27.7. The first kappa shape index (κ1) is 29.6. The molecule has 0 spiro atoms. The van der Waals surface area contributed by atoms with Gasteiger partial charge in [0.2, 0.25) is 0 Å². The molecule has 0 fully saturated rings. The highest BCUT2D eigenvalue weighted by Crippen LogP contribution is 2.52. The Hall–Kier alpha value is -3.42. The lowest BCUT2D eigenvalue weighted by atomic mass is 9.71. The van der Waals surface area contributed by atoms with Crippen LogP contribution in [0, 0.1) is 0 Å². The van der Waals surface area contributed by atoms with Crippen LogP contribution in [0.2, 0.25) is 19.6 Å². The van der Waals surface area contributed by atoms with Crippen LogP contribution in [0.3, 0.4) is 0 Å². The van der Waals surface area contributed by atoms with Crippen LogP contribution in [0.15, 0.2) is 102 Å². The molecule has 0 amide bonds. The third kappa shape index (κ3) is 5.53. The molecule has 4 aromatic carbocycles. The molecule has 0 aliphatic heterocycles. The smallest absolute Gasteiger partial charge is 0.0772 e. The molecule has 0 unspecified atom stereocenters. The molecule has 2 aliphatic carbocycles. The Morgan fingerprint density at radius 1 is 0.674 bits per heavy atom. The minimum atomic E-state index is -1.45. The third-order valence-electron chi connectivity index (χ3n) is 9.53. The van der Waals surface area contributed by atoms with Gasteiger partial charge >= 0.3 is 0 Å². The summed E-state index contributed by atoms with van der Waals surface area (Å²) in [5.41, 5.74) is 16.1. The van der Waals surface area contributed by atoms with Crippen LogP contribution >= 0.6 is 0 Å². The summed E-state index contributed by atoms with van der Waals surface area (Å²) < 4.78 is 0. The van der Waals surface area contributed by atoms with Crippen molar-refractivity contribution in [3.8, 4) is 11.1 Å². The molecule has 6 rings (SSSR count). The predicted octanol–water partition coefficient (Wildman–Crippen LogP) is 11.6. The fourth-order valence-electron chi connectivity index (χ4n) is 7.11. The highest BCUT2D eigenvalue weighted by molar-refractivity contribution is 6.84. The maximum absolute atomic E-state index is 2.59. The minimum Gasteiger partial charge on any atom is -0.0808 e. The molecule has 2 aliphatic rings. The van der Waals surface area contributed by atoms with E-state index in [4.69, 9.17) is 0 Å². The maximum Gasteiger partial charge on any atom is 0.0772 e. The lowest BCUT2D eigenvalue weighted by Crippen LogP contribution is -2.22. The summed E-state index contributed by atoms with van der Waals surface area (Å²) in [5.74, 6) is 0.154. The standard InChI is InChI=1S/C42H48Si/c1-41(2,3)32-22-20-30-25-36-35(34(30)26-32)27-37(42(4,5)6)39(31-21-23-33(24-31)43(7,8)9)40(36)38(28-16-12-10-13-17-28)29-18-14-11-15-19-29/h10-20,22-24,26-27,38H,21,25H2,1-9H3. The van der Waals surface area contributed by atoms with E-state index in [-0.39, 0.29) is 16.7 Å². The molecule has 0 saturated heterocycles. The van der Waals surface area contributed by atoms with Gasteiger partial charge in [-0.2, -0.15) is 0 Å². The molecule has 0 aromatic heterocycles. The Morgan fingerprint density at radius 3 is 1.79 bits per heavy atom. The summed E-state index contributed by atoms with van der Waals surface area (Å²) >= 11 is 0. The van der Waals surface area contributed by atoms with Crippen molar-refractivity contribution in [3.05, 3.63) is 147 Å². The van der Waals surface area contributed by atoms with E-state index >= 15 is 0 Å². The van der Waals surface area contributed by atoms with Gasteiger partial charge in [-0.3, -0.25) is 0 Å². The molecule has 0 saturated carbocycles. The summed E-state index contributed by atoms with van der Waals surface area (Å²) in [7, 11) is -1.45. The highest BCUT2D eigenvalue weighted by Gasteiger charge is 2.36. The van der Waals surface area contributed by atoms with E-state index in [1.807, 2.05) is 0 Å². The van der Waals surface area contributed by atoms with Gasteiger partial charge in [-0.15, -0.1) is 0 Å². The van der Waals surface area contributed by atoms with Crippen LogP contribution in [0.5, 0.6) is 0 Å². The van der Waals surface area contributed by atoms with Crippen molar-refractivity contribution in [2.45, 2.75) is 90.8 Å². The summed E-state index contributed by atoms with van der Waals surface area (Å²) in [6.07, 6.45) is 7.13. The van der Waals surface area contributed by atoms with Crippen LogP contribution in [0.1, 0.15) is 98.4 Å². The second kappa shape index (κ2) is 10.6. The Balaban J connectivity index is 1.73. The second-order valence-electron chi connectivity index (χ2n) is 15.8. The monoisotopic (exact) mass is 580 g/mol. The number of rotatable bonds is 5. The lowest BCUT2D eigenvalue weighted by Gasteiger charge is -2.32. The topological polar surface area (TPSA) is 0 Å². The van der Waals surface area contributed by atoms with Crippen molar-refractivity contribution >= 4 is 13.6 Å². The predicted molar refractivity (Wildman–Crippen MR) is 190 cm³/mol. The number of allylic oxidation sites excluding steroid dienone is 4. The fraction of sp³-hybridized carbons (Fsp3) is 0.333. The zero-order valence-corrected chi connectivity index (χ0v) is 28.7. The zero-order chi connectivity index (χ0) is 30.7. The lowest BCUT2D eigenvalue weighted by molar-refractivity contribution is 0.586. The Kier molecular flexibility index (Phi) is 7.33. The number of hydrogen-bond donors (Lipinski definition) is 0. The molecule has 43 heavy (non-hydrogen) atoms. The molecule has 1 heteroatoms. The average molecular weight is 581 g/mol. The number of benzene rings is 4. The first-order valence-corrected chi connectivity index (χ1v) is 19.6. The van der Waals surface area contributed by atoms with Gasteiger partial charge in [0.1, 0.15) is 0 Å². The van der Waals surface area contributed by atoms with Crippen LogP contribution in [0.4, 0.5) is 0 Å². The molecule has 220 valence electrons. The van der Waals surface area contributed by atoms with Crippen LogP contribution in [-0.2, 0) is 17.3 Å². The summed E-state index contributed by atoms with van der Waals surface area (Å²) in [6, 6.07) is 32.4. The van der Waals surface area contributed by atoms with Gasteiger partial charge in [0.25, 0.3) is 0 Å². The van der Waals surface area contributed by atoms with E-state index in [1.165, 1.54) is 61.2 Å². The minimum absolute atomic E-state index is 0.00974. The normalized spacial score (nSPS) is 14.9. The summed E-state index contributed by atoms with van der Waals surface area (Å²) in [6.45, 7) is 21.7. The van der Waals surface area contributed by atoms with E-state index < -0.39 is 8.07 Å². The molecular weight excluding hydrogens is 533 g/mol. The maximum atomic E-state index is 2.59. The van der Waals surface area contributed by atoms with Crippen molar-refractivity contribution in [1.29, 1.82) is 0 Å². The molecular formula is C42H48Si. The second-order valence-corrected chi connectivity index (χ2v) is 20.9. The first-order valence-electron chi connectivity index (χ1n) is 16.1. The fourth-order valence-corrected chi connectivity index (χ4v) is 8.43. The molecule has 0 N–H and O–H groups in total. The Bertz CT molecular complexity index is 1690. The molecule has 0 atom stereocenters. The summed E-state index contributed by atoms with van der Waals surface area (Å²) in [5, 5.41) is 1.59. The molecule has 4 aromatic rings. The van der Waals surface area contributed by atoms with E-state index in [2.05, 4.69) is 158 Å². The van der Waals surface area contributed by atoms with Gasteiger partial charge < -0.3 is 0 Å². The number of fused-ring (bicyclic) bond motifs is 3. The van der Waals surface area contributed by atoms with E-state index in [1.54, 1.807) is 5.20 Å². The van der Waals surface area contributed by atoms with E-state index in [0.29, 0.717) is 0 Å². The van der Waals surface area contributed by atoms with Crippen molar-refractivity contribution in [2.75, 3.05) is 0 Å². The average Bonchev–Trinajstić information content (AvgIpc) is 3.58. The van der Waals surface area contributed by atoms with Crippen molar-refractivity contribution in [3.63, 3.8) is 0 Å². The quantitative estimate of drug-likeness (QED) is 0.143. The van der Waals surface area contributed by atoms with Gasteiger partial charge in [-0.1, -0.05) is 157 Å². The van der Waals surface area contributed by atoms with Crippen molar-refractivity contribution in [1.82, 2.24) is 0 Å². The SMILES string of the molecule is CC(C)(C)c1ccc2c(c1)-c1cc(C(C)(C)C)c(C3=CC([Si](C)(C)C)=CC3)c(C(c3ccccc3)c3ccccc3)c1C2. The molecule has 0 nitrogen and oxygen atoms in total. The van der Waals surface area contributed by atoms with Gasteiger partial charge in [0.15, 0.2) is 0 Å². The van der Waals surface area contributed by atoms with E-state index in [0.717, 1.165) is 12.8 Å². The third-order valence-corrected chi connectivity index (χ3v) is 11.6.